The van der Waals surface area contributed by atoms with Gasteiger partial charge in [-0.1, -0.05) is 5.16 Å². The number of nitrogens with zero attached hydrogens (tertiary/aromatic N) is 3. The normalized spacial score (nSPS) is 11.0. The zero-order valence-electron chi connectivity index (χ0n) is 14.4. The van der Waals surface area contributed by atoms with E-state index in [0.29, 0.717) is 11.3 Å². The molecule has 4 rings (SSSR count). The molecule has 3 heterocycles. The fourth-order valence-corrected chi connectivity index (χ4v) is 3.11. The van der Waals surface area contributed by atoms with E-state index in [1.165, 1.54) is 12.1 Å². The minimum atomic E-state index is -0.309. The molecule has 4 aromatic rings. The van der Waals surface area contributed by atoms with Crippen LogP contribution in [0.25, 0.3) is 28.2 Å². The second-order valence-electron chi connectivity index (χ2n) is 6.13. The minimum absolute atomic E-state index is 0.211. The van der Waals surface area contributed by atoms with Gasteiger partial charge in [-0.05, 0) is 67.9 Å². The van der Waals surface area contributed by atoms with Crippen LogP contribution in [0.4, 0.5) is 10.3 Å². The molecule has 0 aliphatic heterocycles. The Morgan fingerprint density at radius 2 is 1.65 bits per heavy atom. The van der Waals surface area contributed by atoms with Gasteiger partial charge in [0.2, 0.25) is 5.88 Å². The number of aromatic nitrogens is 3. The smallest absolute Gasteiger partial charge is 0.230 e. The molecule has 0 aliphatic rings. The number of hydrogen-bond acceptors (Lipinski definition) is 4. The van der Waals surface area contributed by atoms with Gasteiger partial charge in [-0.2, -0.15) is 0 Å². The van der Waals surface area contributed by atoms with Gasteiger partial charge >= 0.3 is 0 Å². The van der Waals surface area contributed by atoms with E-state index in [-0.39, 0.29) is 11.7 Å². The lowest BCUT2D eigenvalue weighted by atomic mass is 10.0. The summed E-state index contributed by atoms with van der Waals surface area (Å²) >= 11 is 0. The summed E-state index contributed by atoms with van der Waals surface area (Å²) in [6.45, 7) is 4.05. The number of nitrogens with two attached hydrogens (primary N) is 1. The maximum atomic E-state index is 13.2. The summed E-state index contributed by atoms with van der Waals surface area (Å²) in [4.78, 5) is 4.48. The van der Waals surface area contributed by atoms with Gasteiger partial charge in [0.1, 0.15) is 17.3 Å². The van der Waals surface area contributed by atoms with Crippen molar-refractivity contribution in [1.29, 1.82) is 0 Å². The van der Waals surface area contributed by atoms with Crippen LogP contribution < -0.4 is 5.73 Å². The van der Waals surface area contributed by atoms with Gasteiger partial charge in [0.15, 0.2) is 0 Å². The first-order valence-electron chi connectivity index (χ1n) is 8.17. The van der Waals surface area contributed by atoms with Crippen LogP contribution >= 0.6 is 0 Å². The molecular formula is C20H17FN4O. The lowest BCUT2D eigenvalue weighted by molar-refractivity contribution is 0.439. The summed E-state index contributed by atoms with van der Waals surface area (Å²) in [6.07, 6.45) is 1.73. The highest BCUT2D eigenvalue weighted by molar-refractivity contribution is 5.87. The number of hydrogen-bond donors (Lipinski definition) is 1. The average molecular weight is 348 g/mol. The lowest BCUT2D eigenvalue weighted by Gasteiger charge is -2.10. The van der Waals surface area contributed by atoms with Gasteiger partial charge in [0.25, 0.3) is 0 Å². The molecule has 0 aliphatic carbocycles. The van der Waals surface area contributed by atoms with E-state index < -0.39 is 0 Å². The second kappa shape index (κ2) is 6.15. The summed E-state index contributed by atoms with van der Waals surface area (Å²) < 4.78 is 20.5. The van der Waals surface area contributed by atoms with Crippen molar-refractivity contribution in [1.82, 2.24) is 14.7 Å². The van der Waals surface area contributed by atoms with Crippen LogP contribution in [-0.2, 0) is 0 Å². The standard InChI is InChI=1S/C20H17FN4O/c1-12-3-4-13(2)25(12)17-11-15(9-10-23-17)18-19(24-26-20(18)22)14-5-7-16(21)8-6-14/h3-11H,22H2,1-2H3. The Kier molecular flexibility index (Phi) is 3.80. The van der Waals surface area contributed by atoms with Crippen molar-refractivity contribution < 1.29 is 8.91 Å². The molecule has 0 unspecified atom stereocenters. The molecule has 0 saturated carbocycles. The van der Waals surface area contributed by atoms with Gasteiger partial charge in [-0.3, -0.25) is 0 Å². The first-order chi connectivity index (χ1) is 12.5. The topological polar surface area (TPSA) is 69.9 Å². The van der Waals surface area contributed by atoms with Crippen LogP contribution in [0.1, 0.15) is 11.4 Å². The summed E-state index contributed by atoms with van der Waals surface area (Å²) in [5, 5.41) is 4.07. The SMILES string of the molecule is Cc1ccc(C)n1-c1cc(-c2c(-c3ccc(F)cc3)noc2N)ccn1. The molecule has 6 heteroatoms. The quantitative estimate of drug-likeness (QED) is 0.590. The van der Waals surface area contributed by atoms with Gasteiger partial charge in [-0.25, -0.2) is 9.37 Å². The number of rotatable bonds is 3. The average Bonchev–Trinajstić information content (AvgIpc) is 3.18. The predicted octanol–water partition coefficient (Wildman–Crippen LogP) is 4.53. The van der Waals surface area contributed by atoms with Crippen molar-refractivity contribution in [3.05, 3.63) is 71.9 Å². The molecule has 0 fully saturated rings. The van der Waals surface area contributed by atoms with Crippen molar-refractivity contribution in [3.63, 3.8) is 0 Å². The van der Waals surface area contributed by atoms with E-state index in [1.807, 2.05) is 38.1 Å². The van der Waals surface area contributed by atoms with Crippen LogP contribution in [0.2, 0.25) is 0 Å². The Labute approximate surface area is 149 Å². The molecule has 0 bridgehead atoms. The zero-order chi connectivity index (χ0) is 18.3. The minimum Gasteiger partial charge on any atom is -0.367 e. The summed E-state index contributed by atoms with van der Waals surface area (Å²) in [5.74, 6) is 0.687. The Hall–Kier alpha value is -3.41. The highest BCUT2D eigenvalue weighted by Gasteiger charge is 2.18. The Morgan fingerprint density at radius 3 is 2.35 bits per heavy atom. The lowest BCUT2D eigenvalue weighted by Crippen LogP contribution is -2.01. The molecule has 0 amide bonds. The second-order valence-corrected chi connectivity index (χ2v) is 6.13. The van der Waals surface area contributed by atoms with Crippen molar-refractivity contribution in [3.8, 4) is 28.2 Å². The first kappa shape index (κ1) is 16.1. The van der Waals surface area contributed by atoms with Crippen LogP contribution in [0.5, 0.6) is 0 Å². The molecule has 1 aromatic carbocycles. The number of pyridine rings is 1. The van der Waals surface area contributed by atoms with E-state index in [4.69, 9.17) is 10.3 Å². The third-order valence-electron chi connectivity index (χ3n) is 4.37. The van der Waals surface area contributed by atoms with Crippen molar-refractivity contribution in [2.24, 2.45) is 0 Å². The summed E-state index contributed by atoms with van der Waals surface area (Å²) in [6, 6.07) is 14.0. The first-order valence-corrected chi connectivity index (χ1v) is 8.17. The van der Waals surface area contributed by atoms with Gasteiger partial charge in [0.05, 0.1) is 5.56 Å². The molecule has 0 saturated heterocycles. The molecule has 26 heavy (non-hydrogen) atoms. The predicted molar refractivity (Wildman–Crippen MR) is 98.3 cm³/mol. The summed E-state index contributed by atoms with van der Waals surface area (Å²) in [7, 11) is 0. The Balaban J connectivity index is 1.86. The van der Waals surface area contributed by atoms with Crippen LogP contribution in [0.3, 0.4) is 0 Å². The molecule has 5 nitrogen and oxygen atoms in total. The maximum absolute atomic E-state index is 13.2. The monoisotopic (exact) mass is 348 g/mol. The third kappa shape index (κ3) is 2.65. The van der Waals surface area contributed by atoms with E-state index in [1.54, 1.807) is 18.3 Å². The van der Waals surface area contributed by atoms with Crippen molar-refractivity contribution in [2.45, 2.75) is 13.8 Å². The van der Waals surface area contributed by atoms with Gasteiger partial charge in [0, 0.05) is 23.1 Å². The number of halogens is 1. The van der Waals surface area contributed by atoms with Crippen molar-refractivity contribution >= 4 is 5.88 Å². The van der Waals surface area contributed by atoms with E-state index in [0.717, 1.165) is 28.3 Å². The van der Waals surface area contributed by atoms with Crippen LogP contribution in [0.15, 0.2) is 59.3 Å². The Bertz CT molecular complexity index is 1060. The number of benzene rings is 1. The van der Waals surface area contributed by atoms with E-state index in [2.05, 4.69) is 14.7 Å². The zero-order valence-corrected chi connectivity index (χ0v) is 14.4. The fraction of sp³-hybridized carbons (Fsp3) is 0.100. The van der Waals surface area contributed by atoms with Crippen LogP contribution in [-0.4, -0.2) is 14.7 Å². The highest BCUT2D eigenvalue weighted by atomic mass is 19.1. The highest BCUT2D eigenvalue weighted by Crippen LogP contribution is 2.36. The van der Waals surface area contributed by atoms with Crippen molar-refractivity contribution in [2.75, 3.05) is 5.73 Å². The molecule has 0 radical (unpaired) electrons. The fourth-order valence-electron chi connectivity index (χ4n) is 3.11. The van der Waals surface area contributed by atoms with Gasteiger partial charge < -0.3 is 14.8 Å². The molecule has 130 valence electrons. The third-order valence-corrected chi connectivity index (χ3v) is 4.37. The molecular weight excluding hydrogens is 331 g/mol. The molecule has 3 aromatic heterocycles. The van der Waals surface area contributed by atoms with Gasteiger partial charge in [-0.15, -0.1) is 0 Å². The number of anilines is 1. The summed E-state index contributed by atoms with van der Waals surface area (Å²) in [5.41, 5.74) is 11.0. The number of nitrogen functional groups attached to an aromatic ring is 1. The molecule has 2 N–H and O–H groups in total. The van der Waals surface area contributed by atoms with Crippen LogP contribution in [0, 0.1) is 19.7 Å². The molecule has 0 spiro atoms. The largest absolute Gasteiger partial charge is 0.367 e. The maximum Gasteiger partial charge on any atom is 0.230 e. The Morgan fingerprint density at radius 1 is 0.962 bits per heavy atom. The number of aryl methyl sites for hydroxylation is 2. The van der Waals surface area contributed by atoms with E-state index in [9.17, 15) is 4.39 Å². The molecule has 0 atom stereocenters. The van der Waals surface area contributed by atoms with E-state index >= 15 is 0 Å².